The van der Waals surface area contributed by atoms with Crippen LogP contribution >= 0.6 is 148 Å². The summed E-state index contributed by atoms with van der Waals surface area (Å²) in [5.74, 6) is -5.96. The van der Waals surface area contributed by atoms with Crippen LogP contribution in [0.3, 0.4) is 0 Å². The molecule has 0 saturated carbocycles. The standard InChI is InChI=1S/C38H50Br2F2N4O4S3.C37H51F2N5O4S3.C18H14F2N2O2S3.C10H19NO.BHNS/c1-3-5-7-9-11-13-15-19-43-37(47)49-21-17-25-23-27(51-35(25)39)29-31(41)32(42)30(34-33(29)45-53-46-34)28-24-26(36(40)52-28)18-22-50-38(48)44-20-16-14-12-10-8-6-4-2;1-3-5-7-9-11-13-15-19-40-36(45)47-21-17-26-23-28(49-24-26)29-31(38)32(39)30(34-33(29)43-51-44-34)35-42-27(25-50-35)18-22-48-37(46)41-20-16-14-12-10-8-6-4-2;19-15-13(11-5-9(1-3-23)7-25-11)17-18(22-27-21-17)14(16(15)20)12-6-10(2-4-24)8-26-12;1-2-3-4-5-6-7-8-9-11-10-12;1-2-3/h23-24H,3-22H2,1-2H3,(H,43,47)(H,44,48);23-25H,3-22H2,1-2H3,(H,40,45)(H,41,46);5-8,23-24H,1-4H2;2-9H2,1H3;3H. The number of fused-ring (bicyclic) bond motifs is 3. The van der Waals surface area contributed by atoms with Gasteiger partial charge in [0, 0.05) is 94.8 Å². The topological polar surface area (TPSA) is 326 Å². The molecule has 6 N–H and O–H groups in total. The fourth-order valence-corrected chi connectivity index (χ4v) is 24.9. The second kappa shape index (κ2) is 72.0. The number of nitrogens with one attached hydrogen (secondary N) is 4. The van der Waals surface area contributed by atoms with E-state index < -0.39 is 59.3 Å². The number of ether oxygens (including phenoxy) is 4. The van der Waals surface area contributed by atoms with Crippen LogP contribution in [0.1, 0.15) is 293 Å². The summed E-state index contributed by atoms with van der Waals surface area (Å²) in [5, 5.41) is 36.8. The number of unbranched alkanes of at least 4 members (excludes halogenated alkanes) is 30. The second-order valence-corrected chi connectivity index (χ2v) is 45.0. The normalized spacial score (nSPS) is 11.1. The van der Waals surface area contributed by atoms with Crippen LogP contribution < -0.4 is 21.3 Å². The molecule has 0 atom stereocenters. The molecule has 43 heteroatoms. The van der Waals surface area contributed by atoms with Crippen LogP contribution in [0.2, 0.25) is 0 Å². The molecule has 797 valence electrons. The first-order valence-corrected chi connectivity index (χ1v) is 60.0. The van der Waals surface area contributed by atoms with Crippen molar-refractivity contribution in [2.75, 3.05) is 72.4 Å². The Hall–Kier alpha value is -7.62. The molecule has 12 rings (SSSR count). The van der Waals surface area contributed by atoms with Crippen LogP contribution in [0.25, 0.3) is 95.9 Å². The van der Waals surface area contributed by atoms with Gasteiger partial charge in [-0.3, -0.25) is 0 Å². The summed E-state index contributed by atoms with van der Waals surface area (Å²) in [4.78, 5) is 68.8. The van der Waals surface area contributed by atoms with Crippen molar-refractivity contribution >= 4 is 219 Å². The van der Waals surface area contributed by atoms with Crippen molar-refractivity contribution in [3.05, 3.63) is 128 Å². The third-order valence-corrected chi connectivity index (χ3v) is 33.1. The van der Waals surface area contributed by atoms with Gasteiger partial charge in [-0.15, -0.1) is 68.0 Å². The van der Waals surface area contributed by atoms with Crippen molar-refractivity contribution in [3.8, 4) is 62.8 Å². The van der Waals surface area contributed by atoms with Gasteiger partial charge < -0.3 is 50.4 Å². The van der Waals surface area contributed by atoms with Crippen molar-refractivity contribution in [1.29, 1.82) is 0 Å². The number of aliphatic hydroxyl groups is 2. The molecule has 0 aliphatic carbocycles. The number of thiol groups is 1. The molecule has 146 heavy (non-hydrogen) atoms. The van der Waals surface area contributed by atoms with E-state index in [9.17, 15) is 24.0 Å². The molecule has 9 aromatic heterocycles. The average Bonchev–Trinajstić information content (AvgIpc) is 1.57. The first-order valence-electron chi connectivity index (χ1n) is 50.7. The number of aliphatic hydroxyl groups excluding tert-OH is 2. The van der Waals surface area contributed by atoms with Gasteiger partial charge in [0.1, 0.15) is 38.1 Å². The maximum absolute atomic E-state index is 16.0. The minimum absolute atomic E-state index is 0.00578. The number of carbonyl (C=O) groups excluding carboxylic acids is 5. The fourth-order valence-electron chi connectivity index (χ4n) is 15.8. The predicted octanol–water partition coefficient (Wildman–Crippen LogP) is 31.6. The van der Waals surface area contributed by atoms with E-state index in [1.54, 1.807) is 41.8 Å². The number of aliphatic imine (C=N–C) groups is 1. The van der Waals surface area contributed by atoms with E-state index in [1.165, 1.54) is 235 Å². The number of benzene rings is 3. The van der Waals surface area contributed by atoms with Crippen molar-refractivity contribution in [1.82, 2.24) is 52.5 Å². The summed E-state index contributed by atoms with van der Waals surface area (Å²) in [7, 11) is 4.34. The third-order valence-electron chi connectivity index (χ3n) is 23.6. The van der Waals surface area contributed by atoms with Crippen molar-refractivity contribution in [2.24, 2.45) is 9.29 Å². The van der Waals surface area contributed by atoms with Crippen LogP contribution in [0.5, 0.6) is 0 Å². The maximum atomic E-state index is 16.0. The van der Waals surface area contributed by atoms with Crippen molar-refractivity contribution in [3.63, 3.8) is 0 Å². The monoisotopic (exact) mass is 2330 g/mol. The number of carbonyl (C=O) groups is 4. The summed E-state index contributed by atoms with van der Waals surface area (Å²) >= 11 is 20.5. The molecular weight excluding hydrogens is 2200 g/mol. The minimum atomic E-state index is -1.04. The van der Waals surface area contributed by atoms with Crippen LogP contribution in [0.15, 0.2) is 68.7 Å². The fraction of sp³-hybridized carbons (Fsp3) is 0.553. The number of halogens is 8. The Labute approximate surface area is 913 Å². The Morgan fingerprint density at radius 3 is 0.945 bits per heavy atom. The van der Waals surface area contributed by atoms with Gasteiger partial charge in [-0.25, -0.2) is 60.3 Å². The number of nitrogens with zero attached hydrogens (tertiary/aromatic N) is 9. The molecule has 0 unspecified atom stereocenters. The number of isocyanates is 1. The quantitative estimate of drug-likeness (QED) is 0.00354. The zero-order chi connectivity index (χ0) is 105. The molecule has 0 bridgehead atoms. The van der Waals surface area contributed by atoms with Crippen LogP contribution in [0.4, 0.5) is 45.5 Å². The zero-order valence-electron chi connectivity index (χ0n) is 83.8. The summed E-state index contributed by atoms with van der Waals surface area (Å²) in [6, 6.07) is 8.82. The number of amides is 4. The molecule has 12 aromatic rings. The molecule has 0 fully saturated rings. The summed E-state index contributed by atoms with van der Waals surface area (Å²) in [6.45, 7) is 14.6. The van der Waals surface area contributed by atoms with Gasteiger partial charge in [0.2, 0.25) is 6.08 Å². The number of rotatable bonds is 62. The van der Waals surface area contributed by atoms with Gasteiger partial charge in [-0.1, -0.05) is 227 Å². The first-order chi connectivity index (χ1) is 71.1. The van der Waals surface area contributed by atoms with E-state index in [2.05, 4.69) is 149 Å². The van der Waals surface area contributed by atoms with E-state index in [-0.39, 0.29) is 100 Å². The van der Waals surface area contributed by atoms with E-state index in [0.717, 1.165) is 128 Å². The Morgan fingerprint density at radius 1 is 0.370 bits per heavy atom. The molecule has 0 spiro atoms. The molecule has 1 radical (unpaired) electrons. The zero-order valence-corrected chi connectivity index (χ0v) is 95.2. The SMILES string of the molecule is CCCCCCCCCN=C=O.CCCCCCCCCNC(=O)OCCc1cc(-c2c(F)c(F)c(-c3cc(CCOC(=O)NCCCCCCCCC)c(Br)s3)c3nsnc23)sc1Br.CCCCCCCCCNC(=O)OCCc1csc(-c2c(F)c(F)c(-c3nc(CCOC(=O)NCCCCCCCCC)cs3)c3nsnc23)c1.OCCc1csc(-c2c(F)c(F)c(-c3cc(CCO)cs3)c3nsnc23)c1.[B]=NS. The predicted molar refractivity (Wildman–Crippen MR) is 599 cm³/mol. The number of thiazole rings is 1. The van der Waals surface area contributed by atoms with Gasteiger partial charge in [-0.2, -0.15) is 26.2 Å². The average molecular weight is 2340 g/mol. The van der Waals surface area contributed by atoms with Crippen molar-refractivity contribution in [2.45, 2.75) is 298 Å². The summed E-state index contributed by atoms with van der Waals surface area (Å²) < 4.78 is 145. The molecule has 0 aliphatic rings. The number of thiophene rings is 5. The van der Waals surface area contributed by atoms with Gasteiger partial charge in [-0.05, 0) is 151 Å². The second-order valence-electron chi connectivity index (χ2n) is 34.8. The van der Waals surface area contributed by atoms with E-state index >= 15 is 26.3 Å². The summed E-state index contributed by atoms with van der Waals surface area (Å²) in [5.41, 5.74) is 6.87. The number of hydrogen-bond acceptors (Lipinski definition) is 30. The molecule has 24 nitrogen and oxygen atoms in total. The number of alkyl carbamates (subject to hydrolysis) is 4. The first kappa shape index (κ1) is 124. The molecule has 3 aromatic carbocycles. The summed E-state index contributed by atoms with van der Waals surface area (Å²) in [6.07, 6.45) is 43.7. The van der Waals surface area contributed by atoms with Gasteiger partial charge in [0.25, 0.3) is 0 Å². The van der Waals surface area contributed by atoms with Gasteiger partial charge in [0.05, 0.1) is 115 Å². The van der Waals surface area contributed by atoms with Gasteiger partial charge in [0.15, 0.2) is 34.9 Å². The van der Waals surface area contributed by atoms with Crippen LogP contribution in [-0.4, -0.2) is 152 Å². The number of aromatic nitrogens is 7. The molecule has 0 aliphatic heterocycles. The van der Waals surface area contributed by atoms with E-state index in [0.29, 0.717) is 112 Å². The van der Waals surface area contributed by atoms with Crippen LogP contribution in [-0.2, 0) is 62.3 Å². The molecular formula is C103H135BBr2F6N13O11S10. The Bertz CT molecular complexity index is 5610. The van der Waals surface area contributed by atoms with E-state index in [4.69, 9.17) is 29.2 Å². The Balaban J connectivity index is 0.000000258. The van der Waals surface area contributed by atoms with Crippen molar-refractivity contribution < 1.29 is 79.5 Å². The number of hydrogen-bond donors (Lipinski definition) is 7. The van der Waals surface area contributed by atoms with E-state index in [1.807, 2.05) is 16.1 Å². The van der Waals surface area contributed by atoms with Gasteiger partial charge >= 0.3 is 49.1 Å². The molecule has 9 heterocycles. The van der Waals surface area contributed by atoms with Crippen LogP contribution in [0, 0.1) is 34.9 Å². The Kier molecular flexibility index (Phi) is 60.9. The third kappa shape index (κ3) is 41.5. The Morgan fingerprint density at radius 2 is 0.637 bits per heavy atom. The molecule has 0 saturated heterocycles. The molecule has 4 amide bonds.